The van der Waals surface area contributed by atoms with Crippen molar-refractivity contribution in [1.82, 2.24) is 4.90 Å². The summed E-state index contributed by atoms with van der Waals surface area (Å²) < 4.78 is 48.0. The third kappa shape index (κ3) is 9.60. The van der Waals surface area contributed by atoms with Crippen molar-refractivity contribution in [3.05, 3.63) is 95.8 Å². The first kappa shape index (κ1) is 40.2. The third-order valence-electron chi connectivity index (χ3n) is 9.48. The Bertz CT molecular complexity index is 1580. The lowest BCUT2D eigenvalue weighted by atomic mass is 9.88. The van der Waals surface area contributed by atoms with E-state index in [1.54, 1.807) is 19.9 Å². The number of hydrogen-bond acceptors (Lipinski definition) is 12. The van der Waals surface area contributed by atoms with E-state index >= 15 is 0 Å². The molecular weight excluding hydrogens is 686 g/mol. The number of imide groups is 1. The number of hydrogen-bond donors (Lipinski definition) is 1. The predicted molar refractivity (Wildman–Crippen MR) is 191 cm³/mol. The highest BCUT2D eigenvalue weighted by molar-refractivity contribution is 6.03. The minimum absolute atomic E-state index is 0.118. The predicted octanol–water partition coefficient (Wildman–Crippen LogP) is 4.50. The molecule has 53 heavy (non-hydrogen) atoms. The molecule has 2 aromatic carbocycles. The van der Waals surface area contributed by atoms with Gasteiger partial charge in [-0.1, -0.05) is 74.5 Å². The van der Waals surface area contributed by atoms with Gasteiger partial charge in [0, 0.05) is 14.2 Å². The quantitative estimate of drug-likeness (QED) is 0.242. The Morgan fingerprint density at radius 3 is 2.09 bits per heavy atom. The summed E-state index contributed by atoms with van der Waals surface area (Å²) in [5.41, 5.74) is 0.968. The van der Waals surface area contributed by atoms with Crippen molar-refractivity contribution in [2.24, 2.45) is 5.92 Å². The van der Waals surface area contributed by atoms with Gasteiger partial charge in [-0.3, -0.25) is 9.59 Å². The highest BCUT2D eigenvalue weighted by Gasteiger charge is 2.55. The van der Waals surface area contributed by atoms with Crippen LogP contribution in [0.3, 0.4) is 0 Å². The first-order chi connectivity index (χ1) is 25.5. The van der Waals surface area contributed by atoms with Crippen molar-refractivity contribution < 1.29 is 57.4 Å². The largest absolute Gasteiger partial charge is 0.479 e. The highest BCUT2D eigenvalue weighted by atomic mass is 16.7. The molecule has 2 saturated heterocycles. The standard InChI is InChI=1S/C40H51NO12/c1-25(2)36-40(3,4)53-39(45)41(36)37(44)34(46-5)31-29(43)20-19-28(51-31)18-13-21-48-35-33(50-24-27-16-11-8-12-17-27)32(30(22-42)52-38(35)47-6)49-23-26-14-9-7-10-15-26/h7-12,14-20,25,30-36,38,42H,13,21-24H2,1-6H3/t30-,31+,32-,33+,34-,35+,36-,38+/m1/s1. The molecule has 2 amide bonds. The van der Waals surface area contributed by atoms with Gasteiger partial charge in [0.25, 0.3) is 5.91 Å². The van der Waals surface area contributed by atoms with E-state index in [1.807, 2.05) is 74.5 Å². The summed E-state index contributed by atoms with van der Waals surface area (Å²) in [5, 5.41) is 10.3. The molecule has 3 heterocycles. The molecule has 0 spiro atoms. The van der Waals surface area contributed by atoms with Crippen LogP contribution in [0.1, 0.15) is 45.2 Å². The van der Waals surface area contributed by atoms with Crippen LogP contribution in [0.5, 0.6) is 0 Å². The zero-order chi connectivity index (χ0) is 38.1. The van der Waals surface area contributed by atoms with Gasteiger partial charge in [-0.05, 0) is 55.5 Å². The molecule has 8 atom stereocenters. The van der Waals surface area contributed by atoms with E-state index in [1.165, 1.54) is 26.4 Å². The molecule has 0 saturated carbocycles. The lowest BCUT2D eigenvalue weighted by molar-refractivity contribution is -0.319. The molecule has 3 aliphatic heterocycles. The summed E-state index contributed by atoms with van der Waals surface area (Å²) in [4.78, 5) is 40.7. The van der Waals surface area contributed by atoms with Crippen molar-refractivity contribution in [2.75, 3.05) is 27.4 Å². The van der Waals surface area contributed by atoms with E-state index in [-0.39, 0.29) is 32.3 Å². The second-order valence-electron chi connectivity index (χ2n) is 14.0. The Morgan fingerprint density at radius 1 is 0.906 bits per heavy atom. The number of methoxy groups -OCH3 is 2. The smallest absolute Gasteiger partial charge is 0.417 e. The number of rotatable bonds is 16. The summed E-state index contributed by atoms with van der Waals surface area (Å²) in [5.74, 6) is -0.991. The minimum atomic E-state index is -1.40. The number of nitrogens with zero attached hydrogens (tertiary/aromatic N) is 1. The number of carbonyl (C=O) groups excluding carboxylic acids is 3. The Kier molecular flexibility index (Phi) is 14.0. The number of benzene rings is 2. The number of ether oxygens (including phenoxy) is 8. The number of aliphatic hydroxyl groups excluding tert-OH is 1. The Hall–Kier alpha value is -3.95. The molecule has 5 rings (SSSR count). The fraction of sp³-hybridized carbons (Fsp3) is 0.525. The zero-order valence-corrected chi connectivity index (χ0v) is 31.1. The summed E-state index contributed by atoms with van der Waals surface area (Å²) in [6.07, 6.45) is -2.42. The number of allylic oxidation sites excluding steroid dienone is 1. The van der Waals surface area contributed by atoms with Crippen molar-refractivity contribution >= 4 is 17.8 Å². The van der Waals surface area contributed by atoms with Gasteiger partial charge >= 0.3 is 6.09 Å². The van der Waals surface area contributed by atoms with E-state index < -0.39 is 72.3 Å². The molecule has 13 heteroatoms. The Morgan fingerprint density at radius 2 is 1.53 bits per heavy atom. The van der Waals surface area contributed by atoms with Crippen molar-refractivity contribution in [3.8, 4) is 0 Å². The second-order valence-corrected chi connectivity index (χ2v) is 14.0. The highest BCUT2D eigenvalue weighted by Crippen LogP contribution is 2.36. The lowest BCUT2D eigenvalue weighted by Crippen LogP contribution is -2.61. The van der Waals surface area contributed by atoms with E-state index in [4.69, 9.17) is 37.9 Å². The third-order valence-corrected chi connectivity index (χ3v) is 9.48. The number of amides is 2. The lowest BCUT2D eigenvalue weighted by Gasteiger charge is -2.45. The van der Waals surface area contributed by atoms with Gasteiger partial charge in [-0.25, -0.2) is 9.69 Å². The van der Waals surface area contributed by atoms with Crippen LogP contribution in [0.2, 0.25) is 0 Å². The summed E-state index contributed by atoms with van der Waals surface area (Å²) in [6, 6.07) is 18.8. The maximum atomic E-state index is 13.8. The number of ketones is 1. The van der Waals surface area contributed by atoms with Crippen LogP contribution >= 0.6 is 0 Å². The topological polar surface area (TPSA) is 149 Å². The van der Waals surface area contributed by atoms with Crippen LogP contribution in [0.25, 0.3) is 0 Å². The van der Waals surface area contributed by atoms with Crippen LogP contribution in [0.15, 0.2) is 84.7 Å². The van der Waals surface area contributed by atoms with Crippen molar-refractivity contribution in [2.45, 2.75) is 102 Å². The summed E-state index contributed by atoms with van der Waals surface area (Å²) >= 11 is 0. The van der Waals surface area contributed by atoms with E-state index in [0.717, 1.165) is 16.0 Å². The average molecular weight is 738 g/mol. The van der Waals surface area contributed by atoms with Gasteiger partial charge in [0.05, 0.1) is 32.5 Å². The number of carbonyl (C=O) groups is 3. The van der Waals surface area contributed by atoms with Gasteiger partial charge < -0.3 is 43.0 Å². The molecule has 3 aliphatic rings. The summed E-state index contributed by atoms with van der Waals surface area (Å²) in [6.45, 7) is 7.61. The van der Waals surface area contributed by atoms with Gasteiger partial charge in [0.1, 0.15) is 35.8 Å². The molecule has 0 bridgehead atoms. The fourth-order valence-corrected chi connectivity index (χ4v) is 7.13. The van der Waals surface area contributed by atoms with E-state index in [2.05, 4.69) is 0 Å². The molecule has 13 nitrogen and oxygen atoms in total. The molecule has 0 unspecified atom stereocenters. The maximum Gasteiger partial charge on any atom is 0.417 e. The zero-order valence-electron chi connectivity index (χ0n) is 31.1. The minimum Gasteiger partial charge on any atom is -0.479 e. The first-order valence-corrected chi connectivity index (χ1v) is 17.9. The summed E-state index contributed by atoms with van der Waals surface area (Å²) in [7, 11) is 2.78. The van der Waals surface area contributed by atoms with Gasteiger partial charge in [0.2, 0.25) is 0 Å². The monoisotopic (exact) mass is 737 g/mol. The van der Waals surface area contributed by atoms with Crippen LogP contribution < -0.4 is 0 Å². The Balaban J connectivity index is 1.28. The molecular formula is C40H51NO12. The van der Waals surface area contributed by atoms with Crippen LogP contribution in [-0.4, -0.2) is 110 Å². The maximum absolute atomic E-state index is 13.8. The van der Waals surface area contributed by atoms with Gasteiger partial charge in [0.15, 0.2) is 24.3 Å². The number of aliphatic hydroxyl groups is 1. The van der Waals surface area contributed by atoms with E-state index in [0.29, 0.717) is 12.2 Å². The van der Waals surface area contributed by atoms with E-state index in [9.17, 15) is 19.5 Å². The SMILES string of the molecule is CO[C@H]1O[C@H](CO)[C@@H](OCc2ccccc2)[C@H](OCc2ccccc2)[C@@H]1OCCC=C1C=CC(=O)[C@@H]([C@@H](OC)C(=O)N2C(=O)OC(C)(C)[C@H]2C(C)C)O1. The fourth-order valence-electron chi connectivity index (χ4n) is 7.13. The van der Waals surface area contributed by atoms with Gasteiger partial charge in [-0.2, -0.15) is 0 Å². The van der Waals surface area contributed by atoms with Gasteiger partial charge in [-0.15, -0.1) is 0 Å². The molecule has 0 aliphatic carbocycles. The van der Waals surface area contributed by atoms with Crippen molar-refractivity contribution in [3.63, 3.8) is 0 Å². The second kappa shape index (κ2) is 18.4. The first-order valence-electron chi connectivity index (χ1n) is 17.9. The molecule has 2 fully saturated rings. The van der Waals surface area contributed by atoms with Crippen LogP contribution in [0, 0.1) is 5.92 Å². The van der Waals surface area contributed by atoms with Crippen LogP contribution in [-0.2, 0) is 60.7 Å². The van der Waals surface area contributed by atoms with Crippen molar-refractivity contribution in [1.29, 1.82) is 0 Å². The molecule has 288 valence electrons. The average Bonchev–Trinajstić information content (AvgIpc) is 3.41. The molecule has 0 aromatic heterocycles. The van der Waals surface area contributed by atoms with Crippen LogP contribution in [0.4, 0.5) is 4.79 Å². The normalized spacial score (nSPS) is 28.3. The number of cyclic esters (lactones) is 1. The molecule has 1 N–H and O–H groups in total. The Labute approximate surface area is 310 Å². The molecule has 2 aromatic rings. The molecule has 0 radical (unpaired) electrons.